The van der Waals surface area contributed by atoms with Gasteiger partial charge in [0, 0.05) is 25.1 Å². The number of carboxylic acids is 3. The summed E-state index contributed by atoms with van der Waals surface area (Å²) in [6.45, 7) is 1.01. The molecule has 0 aliphatic carbocycles. The van der Waals surface area contributed by atoms with Gasteiger partial charge in [0.1, 0.15) is 5.82 Å². The van der Waals surface area contributed by atoms with E-state index in [2.05, 4.69) is 4.98 Å². The third-order valence-electron chi connectivity index (χ3n) is 3.65. The Morgan fingerprint density at radius 1 is 1.13 bits per heavy atom. The van der Waals surface area contributed by atoms with E-state index < -0.39 is 17.9 Å². The molecule has 30 heavy (non-hydrogen) atoms. The molecule has 1 fully saturated rings. The third kappa shape index (κ3) is 11.3. The predicted molar refractivity (Wildman–Crippen MR) is 105 cm³/mol. The van der Waals surface area contributed by atoms with Gasteiger partial charge in [-0.1, -0.05) is 18.2 Å². The van der Waals surface area contributed by atoms with Crippen LogP contribution in [0.4, 0.5) is 4.39 Å². The average Bonchev–Trinajstić information content (AvgIpc) is 3.25. The molecule has 1 atom stereocenters. The van der Waals surface area contributed by atoms with E-state index in [1.165, 1.54) is 30.3 Å². The zero-order valence-corrected chi connectivity index (χ0v) is 16.0. The predicted octanol–water partition coefficient (Wildman–Crippen LogP) is 2.74. The molecule has 9 heteroatoms. The van der Waals surface area contributed by atoms with E-state index >= 15 is 0 Å². The van der Waals surface area contributed by atoms with Crippen molar-refractivity contribution in [1.29, 1.82) is 0 Å². The number of nitrogens with zero attached hydrogens (tertiary/aromatic N) is 1. The van der Waals surface area contributed by atoms with E-state index in [1.54, 1.807) is 24.5 Å². The summed E-state index contributed by atoms with van der Waals surface area (Å²) in [4.78, 5) is 34.2. The van der Waals surface area contributed by atoms with E-state index in [0.29, 0.717) is 25.2 Å². The molecule has 3 rings (SSSR count). The second kappa shape index (κ2) is 13.6. The van der Waals surface area contributed by atoms with E-state index in [1.807, 2.05) is 0 Å². The van der Waals surface area contributed by atoms with Gasteiger partial charge >= 0.3 is 17.9 Å². The first-order chi connectivity index (χ1) is 14.3. The monoisotopic (exact) mass is 419 g/mol. The lowest BCUT2D eigenvalue weighted by atomic mass is 10.1. The maximum absolute atomic E-state index is 12.3. The van der Waals surface area contributed by atoms with Crippen LogP contribution in [0, 0.1) is 11.7 Å². The molecule has 0 saturated carbocycles. The zero-order chi connectivity index (χ0) is 22.4. The van der Waals surface area contributed by atoms with Crippen LogP contribution in [0.2, 0.25) is 0 Å². The number of halogens is 1. The van der Waals surface area contributed by atoms with Gasteiger partial charge in [-0.3, -0.25) is 14.6 Å². The van der Waals surface area contributed by atoms with Crippen molar-refractivity contribution in [3.05, 3.63) is 71.8 Å². The van der Waals surface area contributed by atoms with Crippen LogP contribution < -0.4 is 0 Å². The van der Waals surface area contributed by atoms with Crippen molar-refractivity contribution in [2.45, 2.75) is 12.8 Å². The van der Waals surface area contributed by atoms with Crippen molar-refractivity contribution in [2.24, 2.45) is 5.92 Å². The minimum Gasteiger partial charge on any atom is -0.481 e. The lowest BCUT2D eigenvalue weighted by molar-refractivity contribution is -0.141. The zero-order valence-electron chi connectivity index (χ0n) is 16.0. The molecule has 2 aromatic rings. The fourth-order valence-electron chi connectivity index (χ4n) is 2.15. The summed E-state index contributed by atoms with van der Waals surface area (Å²) in [6.07, 6.45) is 6.43. The molecule has 1 unspecified atom stereocenters. The molecule has 1 aliphatic heterocycles. The molecule has 1 aromatic heterocycles. The van der Waals surface area contributed by atoms with Crippen molar-refractivity contribution >= 4 is 24.0 Å². The summed E-state index contributed by atoms with van der Waals surface area (Å²) in [5.41, 5.74) is 1.40. The minimum atomic E-state index is -0.950. The lowest BCUT2D eigenvalue weighted by Gasteiger charge is -1.95. The fourth-order valence-corrected chi connectivity index (χ4v) is 2.15. The Morgan fingerprint density at radius 3 is 2.27 bits per heavy atom. The van der Waals surface area contributed by atoms with Crippen LogP contribution in [0.5, 0.6) is 0 Å². The molecule has 0 bridgehead atoms. The highest BCUT2D eigenvalue weighted by Crippen LogP contribution is 2.11. The highest BCUT2D eigenvalue weighted by atomic mass is 19.1. The van der Waals surface area contributed by atoms with Crippen molar-refractivity contribution in [2.75, 3.05) is 13.2 Å². The van der Waals surface area contributed by atoms with Gasteiger partial charge in [-0.2, -0.15) is 0 Å². The molecule has 1 aliphatic rings. The van der Waals surface area contributed by atoms with Crippen LogP contribution in [0.1, 0.15) is 17.5 Å². The van der Waals surface area contributed by atoms with Gasteiger partial charge in [0.2, 0.25) is 0 Å². The highest BCUT2D eigenvalue weighted by Gasteiger charge is 2.21. The first-order valence-electron chi connectivity index (χ1n) is 8.85. The Kier molecular flexibility index (Phi) is 11.1. The van der Waals surface area contributed by atoms with Gasteiger partial charge < -0.3 is 20.1 Å². The van der Waals surface area contributed by atoms with Gasteiger partial charge in [-0.15, -0.1) is 0 Å². The average molecular weight is 419 g/mol. The Balaban J connectivity index is 0.000000228. The van der Waals surface area contributed by atoms with Gasteiger partial charge in [0.05, 0.1) is 18.9 Å². The standard InChI is InChI=1S/C8H7FO2.C8H7NO2.C5H8O3/c9-7-3-1-6(2-4-7)5-8(10)11;10-8(11)4-3-7-2-1-5-9-6-7;6-5(7)4-1-2-8-3-4/h1-4H,5H2,(H,10,11);1-6H,(H,10,11);4H,1-3H2,(H,6,7). The molecule has 3 N–H and O–H groups in total. The molecule has 160 valence electrons. The van der Waals surface area contributed by atoms with Crippen LogP contribution in [-0.4, -0.2) is 51.4 Å². The van der Waals surface area contributed by atoms with E-state index in [4.69, 9.17) is 20.1 Å². The summed E-state index contributed by atoms with van der Waals surface area (Å²) in [5.74, 6) is -3.18. The number of pyridine rings is 1. The molecule has 0 radical (unpaired) electrons. The van der Waals surface area contributed by atoms with Crippen LogP contribution in [0.15, 0.2) is 54.9 Å². The molecular weight excluding hydrogens is 397 g/mol. The van der Waals surface area contributed by atoms with Gasteiger partial charge in [0.25, 0.3) is 0 Å². The molecule has 0 amide bonds. The Hall–Kier alpha value is -3.59. The first-order valence-corrected chi connectivity index (χ1v) is 8.85. The van der Waals surface area contributed by atoms with Crippen LogP contribution in [0.25, 0.3) is 6.08 Å². The molecule has 2 heterocycles. The Morgan fingerprint density at radius 2 is 1.83 bits per heavy atom. The third-order valence-corrected chi connectivity index (χ3v) is 3.65. The largest absolute Gasteiger partial charge is 0.481 e. The maximum atomic E-state index is 12.3. The van der Waals surface area contributed by atoms with Crippen LogP contribution in [0.3, 0.4) is 0 Å². The highest BCUT2D eigenvalue weighted by molar-refractivity contribution is 5.85. The number of ether oxygens (including phenoxy) is 1. The fraction of sp³-hybridized carbons (Fsp3) is 0.238. The van der Waals surface area contributed by atoms with Crippen molar-refractivity contribution in [3.63, 3.8) is 0 Å². The van der Waals surface area contributed by atoms with E-state index in [-0.39, 0.29) is 18.2 Å². The number of aliphatic carboxylic acids is 3. The number of carboxylic acid groups (broad SMARTS) is 3. The summed E-state index contributed by atoms with van der Waals surface area (Å²) < 4.78 is 17.1. The molecule has 1 saturated heterocycles. The second-order valence-electron chi connectivity index (χ2n) is 6.05. The maximum Gasteiger partial charge on any atom is 0.328 e. The molecular formula is C21H22FNO7. The SMILES string of the molecule is O=C(O)C1CCOC1.O=C(O)C=Cc1cccnc1.O=C(O)Cc1ccc(F)cc1. The smallest absolute Gasteiger partial charge is 0.328 e. The second-order valence-corrected chi connectivity index (χ2v) is 6.05. The Labute approximate surface area is 172 Å². The van der Waals surface area contributed by atoms with E-state index in [9.17, 15) is 18.8 Å². The van der Waals surface area contributed by atoms with Gasteiger partial charge in [-0.25, -0.2) is 9.18 Å². The van der Waals surface area contributed by atoms with Crippen LogP contribution >= 0.6 is 0 Å². The number of rotatable bonds is 5. The number of hydrogen-bond acceptors (Lipinski definition) is 5. The van der Waals surface area contributed by atoms with Crippen LogP contribution in [-0.2, 0) is 25.5 Å². The Bertz CT molecular complexity index is 832. The quantitative estimate of drug-likeness (QED) is 0.630. The van der Waals surface area contributed by atoms with Crippen molar-refractivity contribution in [1.82, 2.24) is 4.98 Å². The molecule has 8 nitrogen and oxygen atoms in total. The summed E-state index contributed by atoms with van der Waals surface area (Å²) in [5, 5.41) is 24.9. The first kappa shape index (κ1) is 24.4. The number of benzene rings is 1. The summed E-state index contributed by atoms with van der Waals surface area (Å²) in [7, 11) is 0. The minimum absolute atomic E-state index is 0.0553. The number of aromatic nitrogens is 1. The normalized spacial score (nSPS) is 14.8. The van der Waals surface area contributed by atoms with Crippen molar-refractivity contribution < 1.29 is 38.8 Å². The molecule has 0 spiro atoms. The number of carbonyl (C=O) groups is 3. The number of hydrogen-bond donors (Lipinski definition) is 3. The van der Waals surface area contributed by atoms with E-state index in [0.717, 1.165) is 11.6 Å². The topological polar surface area (TPSA) is 134 Å². The lowest BCUT2D eigenvalue weighted by Crippen LogP contribution is -2.12. The summed E-state index contributed by atoms with van der Waals surface area (Å²) >= 11 is 0. The van der Waals surface area contributed by atoms with Crippen molar-refractivity contribution in [3.8, 4) is 0 Å². The van der Waals surface area contributed by atoms with Gasteiger partial charge in [0.15, 0.2) is 0 Å². The summed E-state index contributed by atoms with van der Waals surface area (Å²) in [6, 6.07) is 8.96. The van der Waals surface area contributed by atoms with Gasteiger partial charge in [-0.05, 0) is 41.8 Å². The molecule has 1 aromatic carbocycles.